The Labute approximate surface area is 141 Å². The SMILES string of the molecule is O=C(Cn1c(=O)cnc2ccccc21)N1CCCC1C1CCCC1. The van der Waals surface area contributed by atoms with E-state index in [0.29, 0.717) is 12.0 Å². The maximum atomic E-state index is 12.9. The zero-order chi connectivity index (χ0) is 16.5. The van der Waals surface area contributed by atoms with E-state index in [0.717, 1.165) is 30.4 Å². The average molecular weight is 325 g/mol. The first-order chi connectivity index (χ1) is 11.7. The van der Waals surface area contributed by atoms with E-state index in [2.05, 4.69) is 4.98 Å². The summed E-state index contributed by atoms with van der Waals surface area (Å²) in [5.74, 6) is 0.727. The number of para-hydroxylation sites is 2. The van der Waals surface area contributed by atoms with E-state index >= 15 is 0 Å². The van der Waals surface area contributed by atoms with Gasteiger partial charge in [0.2, 0.25) is 5.91 Å². The van der Waals surface area contributed by atoms with Crippen molar-refractivity contribution in [2.45, 2.75) is 51.1 Å². The van der Waals surface area contributed by atoms with Gasteiger partial charge in [-0.2, -0.15) is 0 Å². The standard InChI is InChI=1S/C19H23N3O2/c23-18-12-20-15-8-3-4-9-17(15)22(18)13-19(24)21-11-5-10-16(21)14-6-1-2-7-14/h3-4,8-9,12,14,16H,1-2,5-7,10-11,13H2. The van der Waals surface area contributed by atoms with Crippen molar-refractivity contribution in [2.75, 3.05) is 6.54 Å². The van der Waals surface area contributed by atoms with E-state index in [1.165, 1.54) is 31.9 Å². The molecule has 1 unspecified atom stereocenters. The van der Waals surface area contributed by atoms with Gasteiger partial charge in [0, 0.05) is 12.6 Å². The Morgan fingerprint density at radius 2 is 1.92 bits per heavy atom. The van der Waals surface area contributed by atoms with Crippen molar-refractivity contribution < 1.29 is 4.79 Å². The van der Waals surface area contributed by atoms with Crippen LogP contribution in [-0.2, 0) is 11.3 Å². The van der Waals surface area contributed by atoms with Crippen molar-refractivity contribution in [1.29, 1.82) is 0 Å². The van der Waals surface area contributed by atoms with E-state index in [4.69, 9.17) is 0 Å². The van der Waals surface area contributed by atoms with E-state index in [1.54, 1.807) is 4.57 Å². The number of hydrogen-bond acceptors (Lipinski definition) is 3. The molecule has 126 valence electrons. The minimum Gasteiger partial charge on any atom is -0.338 e. The molecule has 1 aromatic heterocycles. The molecule has 1 saturated carbocycles. The van der Waals surface area contributed by atoms with E-state index in [1.807, 2.05) is 29.2 Å². The minimum absolute atomic E-state index is 0.0721. The first-order valence-electron chi connectivity index (χ1n) is 8.98. The van der Waals surface area contributed by atoms with E-state index < -0.39 is 0 Å². The van der Waals surface area contributed by atoms with Crippen molar-refractivity contribution in [3.8, 4) is 0 Å². The van der Waals surface area contributed by atoms with E-state index in [-0.39, 0.29) is 18.0 Å². The fourth-order valence-corrected chi connectivity index (χ4v) is 4.44. The first-order valence-corrected chi connectivity index (χ1v) is 8.98. The number of nitrogens with zero attached hydrogens (tertiary/aromatic N) is 3. The highest BCUT2D eigenvalue weighted by Crippen LogP contribution is 2.35. The molecule has 5 heteroatoms. The maximum Gasteiger partial charge on any atom is 0.269 e. The van der Waals surface area contributed by atoms with Crippen LogP contribution < -0.4 is 5.56 Å². The van der Waals surface area contributed by atoms with Crippen LogP contribution in [0.2, 0.25) is 0 Å². The number of likely N-dealkylation sites (tertiary alicyclic amines) is 1. The molecule has 0 spiro atoms. The second kappa shape index (κ2) is 6.38. The van der Waals surface area contributed by atoms with Crippen LogP contribution in [-0.4, -0.2) is 32.9 Å². The normalized spacial score (nSPS) is 21.7. The molecule has 0 bridgehead atoms. The molecule has 5 nitrogen and oxygen atoms in total. The van der Waals surface area contributed by atoms with Crippen LogP contribution in [0.25, 0.3) is 11.0 Å². The monoisotopic (exact) mass is 325 g/mol. The number of amides is 1. The second-order valence-corrected chi connectivity index (χ2v) is 7.01. The quantitative estimate of drug-likeness (QED) is 0.871. The van der Waals surface area contributed by atoms with Crippen molar-refractivity contribution >= 4 is 16.9 Å². The lowest BCUT2D eigenvalue weighted by atomic mass is 9.96. The molecule has 1 atom stereocenters. The molecule has 2 aromatic rings. The Bertz CT molecular complexity index is 808. The van der Waals surface area contributed by atoms with Crippen LogP contribution in [0.3, 0.4) is 0 Å². The zero-order valence-corrected chi connectivity index (χ0v) is 13.9. The topological polar surface area (TPSA) is 55.2 Å². The molecule has 2 fully saturated rings. The zero-order valence-electron chi connectivity index (χ0n) is 13.9. The third-order valence-corrected chi connectivity index (χ3v) is 5.61. The molecule has 0 N–H and O–H groups in total. The molecule has 4 rings (SSSR count). The van der Waals surface area contributed by atoms with Crippen LogP contribution in [0, 0.1) is 5.92 Å². The number of fused-ring (bicyclic) bond motifs is 1. The molecule has 1 aromatic carbocycles. The van der Waals surface area contributed by atoms with Gasteiger partial charge in [0.15, 0.2) is 0 Å². The predicted molar refractivity (Wildman–Crippen MR) is 92.7 cm³/mol. The summed E-state index contributed by atoms with van der Waals surface area (Å²) in [6, 6.07) is 7.87. The lowest BCUT2D eigenvalue weighted by Crippen LogP contribution is -2.42. The number of carbonyl (C=O) groups excluding carboxylic acids is 1. The van der Waals surface area contributed by atoms with Crippen LogP contribution in [0.15, 0.2) is 35.3 Å². The highest BCUT2D eigenvalue weighted by Gasteiger charge is 2.35. The predicted octanol–water partition coefficient (Wildman–Crippen LogP) is 2.58. The van der Waals surface area contributed by atoms with E-state index in [9.17, 15) is 9.59 Å². The summed E-state index contributed by atoms with van der Waals surface area (Å²) in [6.07, 6.45) is 8.57. The highest BCUT2D eigenvalue weighted by molar-refractivity contribution is 5.80. The van der Waals surface area contributed by atoms with Crippen molar-refractivity contribution in [3.63, 3.8) is 0 Å². The number of hydrogen-bond donors (Lipinski definition) is 0. The molecule has 24 heavy (non-hydrogen) atoms. The lowest BCUT2D eigenvalue weighted by molar-refractivity contribution is -0.133. The fourth-order valence-electron chi connectivity index (χ4n) is 4.44. The molecule has 2 heterocycles. The van der Waals surface area contributed by atoms with Gasteiger partial charge < -0.3 is 4.90 Å². The van der Waals surface area contributed by atoms with Gasteiger partial charge in [0.05, 0.1) is 17.2 Å². The molecule has 0 radical (unpaired) electrons. The van der Waals surface area contributed by atoms with Crippen LogP contribution >= 0.6 is 0 Å². The number of rotatable bonds is 3. The number of carbonyl (C=O) groups is 1. The molecule has 1 aliphatic carbocycles. The summed E-state index contributed by atoms with van der Waals surface area (Å²) < 4.78 is 1.56. The van der Waals surface area contributed by atoms with Gasteiger partial charge in [-0.25, -0.2) is 4.98 Å². The third kappa shape index (κ3) is 2.72. The Morgan fingerprint density at radius 1 is 1.12 bits per heavy atom. The summed E-state index contributed by atoms with van der Waals surface area (Å²) in [6.45, 7) is 0.947. The van der Waals surface area contributed by atoms with Gasteiger partial charge in [0.25, 0.3) is 5.56 Å². The van der Waals surface area contributed by atoms with Gasteiger partial charge in [-0.1, -0.05) is 25.0 Å². The van der Waals surface area contributed by atoms with Gasteiger partial charge in [-0.3, -0.25) is 14.2 Å². The largest absolute Gasteiger partial charge is 0.338 e. The van der Waals surface area contributed by atoms with Gasteiger partial charge in [-0.05, 0) is 43.7 Å². The molecular weight excluding hydrogens is 302 g/mol. The number of aromatic nitrogens is 2. The third-order valence-electron chi connectivity index (χ3n) is 5.61. The molecular formula is C19H23N3O2. The Hall–Kier alpha value is -2.17. The van der Waals surface area contributed by atoms with Crippen LogP contribution in [0.1, 0.15) is 38.5 Å². The highest BCUT2D eigenvalue weighted by atomic mass is 16.2. The first kappa shape index (κ1) is 15.4. The van der Waals surface area contributed by atoms with Crippen LogP contribution in [0.5, 0.6) is 0 Å². The van der Waals surface area contributed by atoms with Gasteiger partial charge in [-0.15, -0.1) is 0 Å². The number of benzene rings is 1. The summed E-state index contributed by atoms with van der Waals surface area (Å²) >= 11 is 0. The van der Waals surface area contributed by atoms with Crippen molar-refractivity contribution in [1.82, 2.24) is 14.5 Å². The summed E-state index contributed by atoms with van der Waals surface area (Å²) in [7, 11) is 0. The van der Waals surface area contributed by atoms with Crippen LogP contribution in [0.4, 0.5) is 0 Å². The van der Waals surface area contributed by atoms with Gasteiger partial charge >= 0.3 is 0 Å². The molecule has 1 saturated heterocycles. The van der Waals surface area contributed by atoms with Crippen molar-refractivity contribution in [2.24, 2.45) is 5.92 Å². The fraction of sp³-hybridized carbons (Fsp3) is 0.526. The Balaban J connectivity index is 1.60. The summed E-state index contributed by atoms with van der Waals surface area (Å²) in [5, 5.41) is 0. The summed E-state index contributed by atoms with van der Waals surface area (Å²) in [4.78, 5) is 31.4. The van der Waals surface area contributed by atoms with Crippen molar-refractivity contribution in [3.05, 3.63) is 40.8 Å². The molecule has 2 aliphatic rings. The average Bonchev–Trinajstić information content (AvgIpc) is 3.28. The smallest absolute Gasteiger partial charge is 0.269 e. The Morgan fingerprint density at radius 3 is 2.75 bits per heavy atom. The Kier molecular flexibility index (Phi) is 4.08. The van der Waals surface area contributed by atoms with Gasteiger partial charge in [0.1, 0.15) is 6.54 Å². The second-order valence-electron chi connectivity index (χ2n) is 7.01. The lowest BCUT2D eigenvalue weighted by Gasteiger charge is -2.29. The maximum absolute atomic E-state index is 12.9. The molecule has 1 amide bonds. The molecule has 1 aliphatic heterocycles. The minimum atomic E-state index is -0.210. The summed E-state index contributed by atoms with van der Waals surface area (Å²) in [5.41, 5.74) is 1.27.